The highest BCUT2D eigenvalue weighted by molar-refractivity contribution is 7.89. The lowest BCUT2D eigenvalue weighted by atomic mass is 9.96. The number of hydrogen-bond acceptors (Lipinski definition) is 9. The third-order valence-corrected chi connectivity index (χ3v) is 8.19. The van der Waals surface area contributed by atoms with Crippen LogP contribution in [0.2, 0.25) is 0 Å². The maximum Gasteiger partial charge on any atom is 0.340 e. The lowest BCUT2D eigenvalue weighted by Gasteiger charge is -2.33. The van der Waals surface area contributed by atoms with E-state index in [0.29, 0.717) is 62.4 Å². The number of likely N-dealkylation sites (tertiary alicyclic amines) is 1. The Kier molecular flexibility index (Phi) is 9.22. The molecule has 0 aliphatic carbocycles. The van der Waals surface area contributed by atoms with E-state index in [9.17, 15) is 32.5 Å². The molecular formula is C28H32FN5O6S. The first-order valence-corrected chi connectivity index (χ1v) is 15.1. The van der Waals surface area contributed by atoms with Crippen LogP contribution in [0.4, 0.5) is 10.2 Å². The first-order chi connectivity index (χ1) is 19.5. The van der Waals surface area contributed by atoms with Crippen molar-refractivity contribution in [2.24, 2.45) is 5.92 Å². The van der Waals surface area contributed by atoms with E-state index in [1.807, 2.05) is 4.90 Å². The number of ether oxygens (including phenoxy) is 1. The van der Waals surface area contributed by atoms with Gasteiger partial charge in [0.2, 0.25) is 21.8 Å². The molecule has 2 aliphatic heterocycles. The molecule has 1 aromatic heterocycles. The number of sulfonamides is 1. The quantitative estimate of drug-likeness (QED) is 0.438. The number of nitrogens with one attached hydrogen (secondary N) is 1. The number of carbonyl (C=O) groups excluding carboxylic acids is 3. The van der Waals surface area contributed by atoms with Gasteiger partial charge in [0.1, 0.15) is 17.7 Å². The highest BCUT2D eigenvalue weighted by atomic mass is 32.2. The fraction of sp³-hybridized carbons (Fsp3) is 0.464. The number of benzene rings is 1. The van der Waals surface area contributed by atoms with Crippen molar-refractivity contribution in [3.05, 3.63) is 58.5 Å². The predicted octanol–water partition coefficient (Wildman–Crippen LogP) is 2.64. The zero-order chi connectivity index (χ0) is 29.7. The van der Waals surface area contributed by atoms with Crippen LogP contribution in [0, 0.1) is 23.1 Å². The van der Waals surface area contributed by atoms with E-state index < -0.39 is 45.5 Å². The maximum absolute atomic E-state index is 13.1. The summed E-state index contributed by atoms with van der Waals surface area (Å²) in [6, 6.07) is 8.52. The number of esters is 1. The minimum Gasteiger partial charge on any atom is -0.459 e. The predicted molar refractivity (Wildman–Crippen MR) is 146 cm³/mol. The lowest BCUT2D eigenvalue weighted by Crippen LogP contribution is -2.43. The number of nitrogens with zero attached hydrogens (tertiary/aromatic N) is 4. The topological polar surface area (TPSA) is 150 Å². The summed E-state index contributed by atoms with van der Waals surface area (Å²) in [6.45, 7) is 4.70. The number of amides is 2. The van der Waals surface area contributed by atoms with Crippen molar-refractivity contribution in [2.75, 3.05) is 24.5 Å². The first kappa shape index (κ1) is 29.9. The lowest BCUT2D eigenvalue weighted by molar-refractivity contribution is -0.128. The molecule has 13 heteroatoms. The van der Waals surface area contributed by atoms with Gasteiger partial charge >= 0.3 is 5.97 Å². The van der Waals surface area contributed by atoms with Crippen LogP contribution in [0.5, 0.6) is 0 Å². The maximum atomic E-state index is 13.1. The summed E-state index contributed by atoms with van der Waals surface area (Å²) in [4.78, 5) is 46.0. The number of aromatic nitrogens is 1. The van der Waals surface area contributed by atoms with E-state index in [0.717, 1.165) is 12.1 Å². The number of nitriles is 1. The SMILES string of the molecule is CC(C)OC(=O)c1cc(C#N)c(N2CCC(C(=O)NS(=O)(=O)Cc3ccc(F)cc3)CC2)nc1CN1CCCC1=O. The summed E-state index contributed by atoms with van der Waals surface area (Å²) >= 11 is 0. The number of rotatable bonds is 9. The molecule has 0 spiro atoms. The van der Waals surface area contributed by atoms with E-state index in [1.54, 1.807) is 18.7 Å². The molecule has 11 nitrogen and oxygen atoms in total. The molecule has 0 saturated carbocycles. The van der Waals surface area contributed by atoms with Gasteiger partial charge in [-0.2, -0.15) is 5.26 Å². The van der Waals surface area contributed by atoms with E-state index >= 15 is 0 Å². The van der Waals surface area contributed by atoms with Crippen molar-refractivity contribution in [1.29, 1.82) is 5.26 Å². The fourth-order valence-electron chi connectivity index (χ4n) is 4.92. The number of carbonyl (C=O) groups is 3. The van der Waals surface area contributed by atoms with Crippen molar-refractivity contribution < 1.29 is 31.9 Å². The van der Waals surface area contributed by atoms with Crippen LogP contribution >= 0.6 is 0 Å². The standard InChI is InChI=1S/C28H32FN5O6S/c1-18(2)40-28(37)23-14-21(15-30)26(31-24(23)16-34-11-3-4-25(34)35)33-12-9-20(10-13-33)27(36)32-41(38,39)17-19-5-7-22(29)8-6-19/h5-8,14,18,20H,3-4,9-13,16-17H2,1-2H3,(H,32,36). The highest BCUT2D eigenvalue weighted by Gasteiger charge is 2.31. The van der Waals surface area contributed by atoms with Gasteiger partial charge < -0.3 is 14.5 Å². The number of halogens is 1. The van der Waals surface area contributed by atoms with Crippen molar-refractivity contribution in [3.8, 4) is 6.07 Å². The Morgan fingerprint density at radius 2 is 1.88 bits per heavy atom. The molecule has 2 amide bonds. The molecule has 1 aromatic carbocycles. The molecule has 1 N–H and O–H groups in total. The van der Waals surface area contributed by atoms with Gasteiger partial charge in [0.25, 0.3) is 0 Å². The Labute approximate surface area is 238 Å². The van der Waals surface area contributed by atoms with Crippen LogP contribution in [0.1, 0.15) is 66.7 Å². The van der Waals surface area contributed by atoms with E-state index in [2.05, 4.69) is 15.8 Å². The fourth-order valence-corrected chi connectivity index (χ4v) is 6.09. The van der Waals surface area contributed by atoms with E-state index in [-0.39, 0.29) is 23.6 Å². The summed E-state index contributed by atoms with van der Waals surface area (Å²) in [6.07, 6.45) is 1.36. The van der Waals surface area contributed by atoms with Crippen molar-refractivity contribution in [1.82, 2.24) is 14.6 Å². The van der Waals surface area contributed by atoms with E-state index in [4.69, 9.17) is 4.74 Å². The van der Waals surface area contributed by atoms with Crippen LogP contribution in [0.15, 0.2) is 30.3 Å². The van der Waals surface area contributed by atoms with Gasteiger partial charge in [-0.15, -0.1) is 0 Å². The summed E-state index contributed by atoms with van der Waals surface area (Å²) in [5.41, 5.74) is 0.955. The first-order valence-electron chi connectivity index (χ1n) is 13.4. The van der Waals surface area contributed by atoms with Crippen LogP contribution < -0.4 is 9.62 Å². The third-order valence-electron chi connectivity index (χ3n) is 6.97. The smallest absolute Gasteiger partial charge is 0.340 e. The Balaban J connectivity index is 1.48. The Bertz CT molecular complexity index is 1460. The Hall–Kier alpha value is -4.05. The van der Waals surface area contributed by atoms with Crippen LogP contribution in [-0.4, -0.2) is 61.8 Å². The van der Waals surface area contributed by atoms with E-state index in [1.165, 1.54) is 18.2 Å². The zero-order valence-electron chi connectivity index (χ0n) is 22.9. The number of pyridine rings is 1. The largest absolute Gasteiger partial charge is 0.459 e. The zero-order valence-corrected chi connectivity index (χ0v) is 23.7. The van der Waals surface area contributed by atoms with Gasteiger partial charge in [0.15, 0.2) is 0 Å². The second kappa shape index (κ2) is 12.6. The van der Waals surface area contributed by atoms with Crippen molar-refractivity contribution in [2.45, 2.75) is 57.9 Å². The molecule has 2 saturated heterocycles. The van der Waals surface area contributed by atoms with Gasteiger partial charge in [-0.1, -0.05) is 12.1 Å². The molecule has 41 heavy (non-hydrogen) atoms. The second-order valence-electron chi connectivity index (χ2n) is 10.5. The van der Waals surface area contributed by atoms with Gasteiger partial charge in [0, 0.05) is 32.0 Å². The van der Waals surface area contributed by atoms with Crippen molar-refractivity contribution >= 4 is 33.6 Å². The normalized spacial score (nSPS) is 16.1. The summed E-state index contributed by atoms with van der Waals surface area (Å²) < 4.78 is 45.6. The van der Waals surface area contributed by atoms with Crippen LogP contribution in [0.3, 0.4) is 0 Å². The van der Waals surface area contributed by atoms with Crippen molar-refractivity contribution in [3.63, 3.8) is 0 Å². The van der Waals surface area contributed by atoms with Gasteiger partial charge in [-0.25, -0.2) is 22.6 Å². The van der Waals surface area contributed by atoms with Gasteiger partial charge in [-0.3, -0.25) is 14.3 Å². The summed E-state index contributed by atoms with van der Waals surface area (Å²) in [7, 11) is -3.98. The average molecular weight is 586 g/mol. The molecule has 0 bridgehead atoms. The molecule has 2 fully saturated rings. The molecule has 2 aromatic rings. The number of piperidine rings is 1. The van der Waals surface area contributed by atoms with Gasteiger partial charge in [0.05, 0.1) is 35.2 Å². The molecule has 3 heterocycles. The molecule has 4 rings (SSSR count). The molecular weight excluding hydrogens is 553 g/mol. The average Bonchev–Trinajstić information content (AvgIpc) is 3.33. The van der Waals surface area contributed by atoms with Gasteiger partial charge in [-0.05, 0) is 56.9 Å². The molecule has 218 valence electrons. The van der Waals surface area contributed by atoms with Crippen LogP contribution in [0.25, 0.3) is 0 Å². The Morgan fingerprint density at radius 3 is 2.46 bits per heavy atom. The second-order valence-corrected chi connectivity index (χ2v) is 12.2. The highest BCUT2D eigenvalue weighted by Crippen LogP contribution is 2.28. The Morgan fingerprint density at radius 1 is 1.20 bits per heavy atom. The number of anilines is 1. The minimum absolute atomic E-state index is 0.0397. The molecule has 0 unspecified atom stereocenters. The minimum atomic E-state index is -3.98. The summed E-state index contributed by atoms with van der Waals surface area (Å²) in [5.74, 6) is -2.49. The van der Waals surface area contributed by atoms with Crippen LogP contribution in [-0.2, 0) is 36.6 Å². The third kappa shape index (κ3) is 7.58. The molecule has 0 atom stereocenters. The number of hydrogen-bond donors (Lipinski definition) is 1. The summed E-state index contributed by atoms with van der Waals surface area (Å²) in [5, 5.41) is 9.87. The monoisotopic (exact) mass is 585 g/mol. The molecule has 2 aliphatic rings. The molecule has 0 radical (unpaired) electrons.